The van der Waals surface area contributed by atoms with Gasteiger partial charge in [0.05, 0.1) is 12.3 Å². The first-order valence-corrected chi connectivity index (χ1v) is 12.2. The van der Waals surface area contributed by atoms with Gasteiger partial charge < -0.3 is 4.74 Å². The summed E-state index contributed by atoms with van der Waals surface area (Å²) in [5, 5.41) is 1.54. The molecule has 0 heterocycles. The van der Waals surface area contributed by atoms with Crippen LogP contribution >= 0.6 is 8.58 Å². The Hall–Kier alpha value is -2.28. The maximum Gasteiger partial charge on any atom is 0.0629 e. The highest BCUT2D eigenvalue weighted by Crippen LogP contribution is 2.48. The molecule has 0 saturated heterocycles. The van der Waals surface area contributed by atoms with Crippen molar-refractivity contribution in [2.75, 3.05) is 13.7 Å². The number of nitrogens with zero attached hydrogens (tertiary/aromatic N) is 1. The quantitative estimate of drug-likeness (QED) is 0.251. The molecule has 0 bridgehead atoms. The lowest BCUT2D eigenvalue weighted by Gasteiger charge is -2.35. The van der Waals surface area contributed by atoms with Crippen molar-refractivity contribution in [3.8, 4) is 0 Å². The Morgan fingerprint density at radius 3 is 2.32 bits per heavy atom. The Morgan fingerprint density at radius 1 is 0.903 bits per heavy atom. The minimum atomic E-state index is 0.117. The van der Waals surface area contributed by atoms with Crippen molar-refractivity contribution >= 4 is 25.8 Å². The molecule has 1 atom stereocenters. The SMILES string of the molecule is CCC(CC)(Pc1c(C)cccc1C=Nc1ccccc1)c1ccccc1CCOC. The number of hydrogen-bond acceptors (Lipinski definition) is 2. The molecule has 31 heavy (non-hydrogen) atoms. The largest absolute Gasteiger partial charge is 0.384 e. The van der Waals surface area contributed by atoms with Crippen LogP contribution in [0.3, 0.4) is 0 Å². The van der Waals surface area contributed by atoms with Gasteiger partial charge >= 0.3 is 0 Å². The van der Waals surface area contributed by atoms with Crippen LogP contribution in [-0.2, 0) is 16.3 Å². The van der Waals surface area contributed by atoms with E-state index in [2.05, 4.69) is 63.2 Å². The minimum absolute atomic E-state index is 0.117. The van der Waals surface area contributed by atoms with Crippen LogP contribution in [0.4, 0.5) is 5.69 Å². The number of aryl methyl sites for hydroxylation is 1. The lowest BCUT2D eigenvalue weighted by molar-refractivity contribution is 0.202. The predicted octanol–water partition coefficient (Wildman–Crippen LogP) is 6.95. The monoisotopic (exact) mass is 431 g/mol. The third-order valence-corrected chi connectivity index (χ3v) is 8.48. The molecule has 2 nitrogen and oxygen atoms in total. The number of benzene rings is 3. The summed E-state index contributed by atoms with van der Waals surface area (Å²) < 4.78 is 5.40. The van der Waals surface area contributed by atoms with Crippen molar-refractivity contribution in [2.24, 2.45) is 4.99 Å². The molecule has 3 rings (SSSR count). The third-order valence-electron chi connectivity index (χ3n) is 6.09. The second kappa shape index (κ2) is 11.4. The molecule has 0 aromatic heterocycles. The van der Waals surface area contributed by atoms with Crippen molar-refractivity contribution in [3.05, 3.63) is 95.1 Å². The molecule has 0 amide bonds. The van der Waals surface area contributed by atoms with E-state index in [4.69, 9.17) is 9.73 Å². The van der Waals surface area contributed by atoms with Gasteiger partial charge in [0.25, 0.3) is 0 Å². The van der Waals surface area contributed by atoms with Gasteiger partial charge in [0, 0.05) is 24.0 Å². The van der Waals surface area contributed by atoms with Crippen molar-refractivity contribution in [2.45, 2.75) is 45.2 Å². The standard InChI is InChI=1S/C28H34NOP/c1-5-28(6-2,26-18-11-10-14-23(26)19-20-30-4)31-27-22(3)13-12-15-24(27)21-29-25-16-8-7-9-17-25/h7-18,21,31H,5-6,19-20H2,1-4H3. The molecule has 3 aromatic carbocycles. The first kappa shape index (κ1) is 23.4. The normalized spacial score (nSPS) is 12.3. The third kappa shape index (κ3) is 5.70. The summed E-state index contributed by atoms with van der Waals surface area (Å²) in [5.41, 5.74) is 6.44. The molecule has 0 saturated carbocycles. The molecular formula is C28H34NOP. The molecule has 0 spiro atoms. The van der Waals surface area contributed by atoms with E-state index in [0.717, 1.165) is 31.6 Å². The second-order valence-corrected chi connectivity index (χ2v) is 9.65. The van der Waals surface area contributed by atoms with Gasteiger partial charge in [-0.05, 0) is 60.3 Å². The first-order valence-electron chi connectivity index (χ1n) is 11.2. The molecule has 0 N–H and O–H groups in total. The number of aliphatic imine (C=N–C) groups is 1. The van der Waals surface area contributed by atoms with Gasteiger partial charge in [-0.15, -0.1) is 0 Å². The maximum atomic E-state index is 5.40. The van der Waals surface area contributed by atoms with Crippen molar-refractivity contribution < 1.29 is 4.74 Å². The van der Waals surface area contributed by atoms with E-state index in [-0.39, 0.29) is 5.16 Å². The van der Waals surface area contributed by atoms with Crippen LogP contribution in [0.15, 0.2) is 77.8 Å². The van der Waals surface area contributed by atoms with Crippen LogP contribution in [0.5, 0.6) is 0 Å². The summed E-state index contributed by atoms with van der Waals surface area (Å²) in [5.74, 6) is 0. The van der Waals surface area contributed by atoms with Crippen molar-refractivity contribution in [1.29, 1.82) is 0 Å². The van der Waals surface area contributed by atoms with Gasteiger partial charge in [0.15, 0.2) is 0 Å². The number of para-hydroxylation sites is 1. The topological polar surface area (TPSA) is 21.6 Å². The minimum Gasteiger partial charge on any atom is -0.384 e. The van der Waals surface area contributed by atoms with Gasteiger partial charge in [-0.1, -0.05) is 83.1 Å². The zero-order valence-corrected chi connectivity index (χ0v) is 20.2. The summed E-state index contributed by atoms with van der Waals surface area (Å²) in [7, 11) is 2.46. The molecular weight excluding hydrogens is 397 g/mol. The van der Waals surface area contributed by atoms with E-state index in [9.17, 15) is 0 Å². The fraction of sp³-hybridized carbons (Fsp3) is 0.321. The molecule has 0 aliphatic heterocycles. The number of ether oxygens (including phenoxy) is 1. The predicted molar refractivity (Wildman–Crippen MR) is 137 cm³/mol. The van der Waals surface area contributed by atoms with E-state index >= 15 is 0 Å². The summed E-state index contributed by atoms with van der Waals surface area (Å²) in [6.07, 6.45) is 5.21. The van der Waals surface area contributed by atoms with Gasteiger partial charge in [-0.25, -0.2) is 0 Å². The van der Waals surface area contributed by atoms with Gasteiger partial charge in [0.1, 0.15) is 0 Å². The Labute approximate surface area is 189 Å². The molecule has 3 heteroatoms. The second-order valence-electron chi connectivity index (χ2n) is 7.95. The zero-order valence-electron chi connectivity index (χ0n) is 19.2. The molecule has 1 unspecified atom stereocenters. The Kier molecular flexibility index (Phi) is 8.58. The average Bonchev–Trinajstić information content (AvgIpc) is 2.82. The van der Waals surface area contributed by atoms with E-state index in [1.54, 1.807) is 7.11 Å². The van der Waals surface area contributed by atoms with E-state index in [0.29, 0.717) is 8.58 Å². The Morgan fingerprint density at radius 2 is 1.61 bits per heavy atom. The highest BCUT2D eigenvalue weighted by Gasteiger charge is 2.32. The van der Waals surface area contributed by atoms with Crippen molar-refractivity contribution in [3.63, 3.8) is 0 Å². The van der Waals surface area contributed by atoms with Crippen LogP contribution in [0, 0.1) is 6.92 Å². The highest BCUT2D eigenvalue weighted by molar-refractivity contribution is 7.49. The Balaban J connectivity index is 2.02. The summed E-state index contributed by atoms with van der Waals surface area (Å²) in [4.78, 5) is 4.75. The number of rotatable bonds is 10. The number of methoxy groups -OCH3 is 1. The van der Waals surface area contributed by atoms with Crippen LogP contribution < -0.4 is 5.30 Å². The van der Waals surface area contributed by atoms with Crippen molar-refractivity contribution in [1.82, 2.24) is 0 Å². The fourth-order valence-electron chi connectivity index (χ4n) is 4.16. The smallest absolute Gasteiger partial charge is 0.0629 e. The summed E-state index contributed by atoms with van der Waals surface area (Å²) >= 11 is 0. The average molecular weight is 432 g/mol. The van der Waals surface area contributed by atoms with Gasteiger partial charge in [-0.3, -0.25) is 4.99 Å². The fourth-order valence-corrected chi connectivity index (χ4v) is 5.94. The summed E-state index contributed by atoms with van der Waals surface area (Å²) in [6, 6.07) is 25.7. The first-order chi connectivity index (χ1) is 15.1. The van der Waals surface area contributed by atoms with Crippen LogP contribution in [-0.4, -0.2) is 19.9 Å². The van der Waals surface area contributed by atoms with Crippen LogP contribution in [0.25, 0.3) is 0 Å². The van der Waals surface area contributed by atoms with E-state index in [1.165, 1.54) is 27.6 Å². The maximum absolute atomic E-state index is 5.40. The lowest BCUT2D eigenvalue weighted by atomic mass is 9.88. The Bertz CT molecular complexity index is 993. The zero-order chi connectivity index (χ0) is 22.1. The van der Waals surface area contributed by atoms with Crippen LogP contribution in [0.1, 0.15) is 48.9 Å². The number of hydrogen-bond donors (Lipinski definition) is 0. The van der Waals surface area contributed by atoms with E-state index in [1.807, 2.05) is 36.5 Å². The van der Waals surface area contributed by atoms with Gasteiger partial charge in [0.2, 0.25) is 0 Å². The molecule has 0 aliphatic carbocycles. The van der Waals surface area contributed by atoms with Crippen LogP contribution in [0.2, 0.25) is 0 Å². The lowest BCUT2D eigenvalue weighted by Crippen LogP contribution is -2.25. The van der Waals surface area contributed by atoms with E-state index < -0.39 is 0 Å². The highest BCUT2D eigenvalue weighted by atomic mass is 31.1. The molecule has 0 fully saturated rings. The molecule has 162 valence electrons. The molecule has 0 aliphatic rings. The summed E-state index contributed by atoms with van der Waals surface area (Å²) in [6.45, 7) is 7.65. The molecule has 0 radical (unpaired) electrons. The molecule has 3 aromatic rings. The van der Waals surface area contributed by atoms with Gasteiger partial charge in [-0.2, -0.15) is 0 Å².